The highest BCUT2D eigenvalue weighted by molar-refractivity contribution is 7.92. The molecule has 2 atom stereocenters. The van der Waals surface area contributed by atoms with Crippen LogP contribution in [0.4, 0.5) is 15.8 Å². The van der Waals surface area contributed by atoms with Gasteiger partial charge in [-0.2, -0.15) is 0 Å². The van der Waals surface area contributed by atoms with Crippen LogP contribution in [0.1, 0.15) is 19.8 Å². The van der Waals surface area contributed by atoms with Crippen molar-refractivity contribution in [2.24, 2.45) is 5.92 Å². The summed E-state index contributed by atoms with van der Waals surface area (Å²) in [4.78, 5) is 12.2. The first-order chi connectivity index (χ1) is 10.2. The average Bonchev–Trinajstić information content (AvgIpc) is 2.41. The number of halogens is 1. The van der Waals surface area contributed by atoms with E-state index in [1.807, 2.05) is 0 Å². The van der Waals surface area contributed by atoms with Gasteiger partial charge in [0.1, 0.15) is 5.82 Å². The molecule has 2 rings (SSSR count). The molecule has 1 amide bonds. The zero-order valence-electron chi connectivity index (χ0n) is 12.5. The lowest BCUT2D eigenvalue weighted by molar-refractivity contribution is -0.119. The SMILES string of the molecule is CC1CCNC(C(=O)Nc2ccc(F)c(NS(C)(=O)=O)c2)C1. The Bertz CT molecular complexity index is 663. The number of benzene rings is 1. The van der Waals surface area contributed by atoms with Gasteiger partial charge in [-0.05, 0) is 43.5 Å². The molecule has 6 nitrogen and oxygen atoms in total. The van der Waals surface area contributed by atoms with Crippen LogP contribution in [0.3, 0.4) is 0 Å². The Morgan fingerprint density at radius 3 is 2.77 bits per heavy atom. The monoisotopic (exact) mass is 329 g/mol. The molecule has 0 bridgehead atoms. The van der Waals surface area contributed by atoms with E-state index >= 15 is 0 Å². The molecule has 8 heteroatoms. The number of amides is 1. The minimum absolute atomic E-state index is 0.190. The third kappa shape index (κ3) is 4.67. The fraction of sp³-hybridized carbons (Fsp3) is 0.500. The van der Waals surface area contributed by atoms with Crippen molar-refractivity contribution in [2.75, 3.05) is 22.8 Å². The zero-order chi connectivity index (χ0) is 16.3. The molecule has 3 N–H and O–H groups in total. The highest BCUT2D eigenvalue weighted by atomic mass is 32.2. The van der Waals surface area contributed by atoms with Gasteiger partial charge in [0.2, 0.25) is 15.9 Å². The van der Waals surface area contributed by atoms with Crippen molar-refractivity contribution in [3.05, 3.63) is 24.0 Å². The molecule has 22 heavy (non-hydrogen) atoms. The Labute approximate surface area is 129 Å². The molecule has 0 spiro atoms. The number of carbonyl (C=O) groups excluding carboxylic acids is 1. The Morgan fingerprint density at radius 1 is 1.41 bits per heavy atom. The maximum Gasteiger partial charge on any atom is 0.241 e. The number of hydrogen-bond donors (Lipinski definition) is 3. The minimum atomic E-state index is -3.59. The third-order valence-corrected chi connectivity index (χ3v) is 4.10. The maximum atomic E-state index is 13.6. The van der Waals surface area contributed by atoms with Crippen molar-refractivity contribution < 1.29 is 17.6 Å². The lowest BCUT2D eigenvalue weighted by Gasteiger charge is -2.27. The summed E-state index contributed by atoms with van der Waals surface area (Å²) in [5.74, 6) is -0.441. The second-order valence-electron chi connectivity index (χ2n) is 5.69. The van der Waals surface area contributed by atoms with Crippen LogP contribution in [-0.2, 0) is 14.8 Å². The molecule has 2 unspecified atom stereocenters. The summed E-state index contributed by atoms with van der Waals surface area (Å²) in [5.41, 5.74) is 0.155. The number of sulfonamides is 1. The van der Waals surface area contributed by atoms with Crippen molar-refractivity contribution >= 4 is 27.3 Å². The van der Waals surface area contributed by atoms with Crippen LogP contribution in [0.5, 0.6) is 0 Å². The van der Waals surface area contributed by atoms with Crippen molar-refractivity contribution in [2.45, 2.75) is 25.8 Å². The predicted molar refractivity (Wildman–Crippen MR) is 83.7 cm³/mol. The van der Waals surface area contributed by atoms with E-state index in [4.69, 9.17) is 0 Å². The smallest absolute Gasteiger partial charge is 0.241 e. The van der Waals surface area contributed by atoms with Crippen LogP contribution in [-0.4, -0.2) is 33.2 Å². The molecule has 0 saturated carbocycles. The first kappa shape index (κ1) is 16.7. The number of nitrogens with one attached hydrogen (secondary N) is 3. The number of piperidine rings is 1. The molecule has 1 aliphatic rings. The van der Waals surface area contributed by atoms with Crippen LogP contribution in [0.15, 0.2) is 18.2 Å². The van der Waals surface area contributed by atoms with E-state index < -0.39 is 15.8 Å². The molecule has 1 saturated heterocycles. The number of carbonyl (C=O) groups is 1. The molecule has 0 aromatic heterocycles. The van der Waals surface area contributed by atoms with Gasteiger partial charge in [0.15, 0.2) is 0 Å². The lowest BCUT2D eigenvalue weighted by atomic mass is 9.94. The molecule has 0 aliphatic carbocycles. The summed E-state index contributed by atoms with van der Waals surface area (Å²) in [6.45, 7) is 2.87. The molecule has 0 radical (unpaired) electrons. The number of hydrogen-bond acceptors (Lipinski definition) is 4. The third-order valence-electron chi connectivity index (χ3n) is 3.51. The van der Waals surface area contributed by atoms with Crippen LogP contribution in [0, 0.1) is 11.7 Å². The van der Waals surface area contributed by atoms with Gasteiger partial charge in [0.25, 0.3) is 0 Å². The summed E-state index contributed by atoms with van der Waals surface area (Å²) in [6, 6.07) is 3.48. The van der Waals surface area contributed by atoms with E-state index in [0.29, 0.717) is 11.6 Å². The molecule has 1 heterocycles. The zero-order valence-corrected chi connectivity index (χ0v) is 13.3. The van der Waals surface area contributed by atoms with Crippen molar-refractivity contribution in [1.29, 1.82) is 0 Å². The number of anilines is 2. The Hall–Kier alpha value is -1.67. The summed E-state index contributed by atoms with van der Waals surface area (Å²) in [6.07, 6.45) is 2.70. The first-order valence-electron chi connectivity index (χ1n) is 7.06. The maximum absolute atomic E-state index is 13.6. The van der Waals surface area contributed by atoms with E-state index in [9.17, 15) is 17.6 Å². The predicted octanol–water partition coefficient (Wildman–Crippen LogP) is 1.52. The van der Waals surface area contributed by atoms with Crippen LogP contribution in [0.2, 0.25) is 0 Å². The van der Waals surface area contributed by atoms with Gasteiger partial charge in [0, 0.05) is 5.69 Å². The summed E-state index contributed by atoms with van der Waals surface area (Å²) in [5, 5.41) is 5.82. The van der Waals surface area contributed by atoms with Crippen molar-refractivity contribution in [3.63, 3.8) is 0 Å². The van der Waals surface area contributed by atoms with Crippen molar-refractivity contribution in [1.82, 2.24) is 5.32 Å². The molecular formula is C14H20FN3O3S. The molecule has 1 aromatic rings. The van der Waals surface area contributed by atoms with E-state index in [2.05, 4.69) is 22.3 Å². The minimum Gasteiger partial charge on any atom is -0.325 e. The second kappa shape index (κ2) is 6.62. The fourth-order valence-corrected chi connectivity index (χ4v) is 2.97. The molecule has 1 fully saturated rings. The van der Waals surface area contributed by atoms with Crippen LogP contribution in [0.25, 0.3) is 0 Å². The van der Waals surface area contributed by atoms with Gasteiger partial charge >= 0.3 is 0 Å². The lowest BCUT2D eigenvalue weighted by Crippen LogP contribution is -2.45. The molecule has 1 aromatic carbocycles. The standard InChI is InChI=1S/C14H20FN3O3S/c1-9-5-6-16-13(7-9)14(19)17-10-3-4-11(15)12(8-10)18-22(2,20)21/h3-4,8-9,13,16,18H,5-7H2,1-2H3,(H,17,19). The van der Waals surface area contributed by atoms with E-state index in [1.165, 1.54) is 12.1 Å². The number of rotatable bonds is 4. The summed E-state index contributed by atoms with van der Waals surface area (Å²) in [7, 11) is -3.59. The molecular weight excluding hydrogens is 309 g/mol. The summed E-state index contributed by atoms with van der Waals surface area (Å²) >= 11 is 0. The van der Waals surface area contributed by atoms with Gasteiger partial charge in [-0.3, -0.25) is 9.52 Å². The van der Waals surface area contributed by atoms with Gasteiger partial charge in [-0.25, -0.2) is 12.8 Å². The van der Waals surface area contributed by atoms with Crippen LogP contribution < -0.4 is 15.4 Å². The quantitative estimate of drug-likeness (QED) is 0.782. The van der Waals surface area contributed by atoms with E-state index in [-0.39, 0.29) is 17.6 Å². The van der Waals surface area contributed by atoms with Gasteiger partial charge < -0.3 is 10.6 Å². The fourth-order valence-electron chi connectivity index (χ4n) is 2.42. The van der Waals surface area contributed by atoms with Gasteiger partial charge in [0.05, 0.1) is 18.0 Å². The topological polar surface area (TPSA) is 87.3 Å². The average molecular weight is 329 g/mol. The summed E-state index contributed by atoms with van der Waals surface area (Å²) < 4.78 is 38.1. The Balaban J connectivity index is 2.09. The van der Waals surface area contributed by atoms with Crippen molar-refractivity contribution in [3.8, 4) is 0 Å². The normalized spacial score (nSPS) is 22.1. The highest BCUT2D eigenvalue weighted by Crippen LogP contribution is 2.22. The highest BCUT2D eigenvalue weighted by Gasteiger charge is 2.24. The Kier molecular flexibility index (Phi) is 5.02. The largest absolute Gasteiger partial charge is 0.325 e. The molecule has 122 valence electrons. The van der Waals surface area contributed by atoms with E-state index in [0.717, 1.165) is 31.7 Å². The second-order valence-corrected chi connectivity index (χ2v) is 7.44. The molecule has 1 aliphatic heterocycles. The van der Waals surface area contributed by atoms with Gasteiger partial charge in [-0.15, -0.1) is 0 Å². The van der Waals surface area contributed by atoms with E-state index in [1.54, 1.807) is 0 Å². The van der Waals surface area contributed by atoms with Gasteiger partial charge in [-0.1, -0.05) is 6.92 Å². The first-order valence-corrected chi connectivity index (χ1v) is 8.95. The Morgan fingerprint density at radius 2 is 2.14 bits per heavy atom. The van der Waals surface area contributed by atoms with Crippen LogP contribution >= 0.6 is 0 Å².